The minimum absolute atomic E-state index is 0.216. The van der Waals surface area contributed by atoms with E-state index in [-0.39, 0.29) is 13.2 Å². The number of aliphatic hydroxyl groups is 2. The summed E-state index contributed by atoms with van der Waals surface area (Å²) in [5.74, 6) is 0. The Balaban J connectivity index is 4.06. The molecule has 0 aliphatic heterocycles. The highest BCUT2D eigenvalue weighted by Gasteiger charge is 2.22. The highest BCUT2D eigenvalue weighted by atomic mass is 16.3. The normalized spacial score (nSPS) is 12.0. The molecule has 0 radical (unpaired) electrons. The fraction of sp³-hybridized carbons (Fsp3) is 1.00. The van der Waals surface area contributed by atoms with Gasteiger partial charge in [-0.3, -0.25) is 0 Å². The number of aliphatic hydroxyl groups excluding tert-OH is 2. The summed E-state index contributed by atoms with van der Waals surface area (Å²) in [5.41, 5.74) is 0. The Bertz CT molecular complexity index is 89.7. The topological polar surface area (TPSA) is 40.5 Å². The number of nitrogens with zero attached hydrogens (tertiary/aromatic N) is 1. The Labute approximate surface area is 75.2 Å². The Morgan fingerprint density at radius 1 is 0.917 bits per heavy atom. The third kappa shape index (κ3) is 3.52. The second kappa shape index (κ2) is 6.40. The predicted molar refractivity (Wildman–Crippen MR) is 49.9 cm³/mol. The van der Waals surface area contributed by atoms with Crippen molar-refractivity contribution in [3.05, 3.63) is 0 Å². The Morgan fingerprint density at radius 3 is 1.67 bits per heavy atom. The Morgan fingerprint density at radius 2 is 1.42 bits per heavy atom. The van der Waals surface area contributed by atoms with Gasteiger partial charge in [-0.1, -0.05) is 6.92 Å². The lowest BCUT2D eigenvalue weighted by atomic mass is 10.3. The first-order chi connectivity index (χ1) is 5.74. The molecule has 0 amide bonds. The van der Waals surface area contributed by atoms with Crippen LogP contribution in [-0.4, -0.2) is 54.1 Å². The van der Waals surface area contributed by atoms with Crippen LogP contribution in [0.25, 0.3) is 0 Å². The van der Waals surface area contributed by atoms with Crippen LogP contribution in [0.2, 0.25) is 0 Å². The first-order valence-electron chi connectivity index (χ1n) is 4.81. The van der Waals surface area contributed by atoms with Crippen LogP contribution in [0.1, 0.15) is 20.3 Å². The molecule has 0 atom stereocenters. The molecule has 0 aromatic rings. The van der Waals surface area contributed by atoms with Gasteiger partial charge in [0.05, 0.1) is 26.3 Å². The van der Waals surface area contributed by atoms with E-state index < -0.39 is 0 Å². The van der Waals surface area contributed by atoms with Gasteiger partial charge in [-0.15, -0.1) is 0 Å². The van der Waals surface area contributed by atoms with Gasteiger partial charge in [-0.25, -0.2) is 0 Å². The molecule has 0 saturated heterocycles. The second-order valence-electron chi connectivity index (χ2n) is 3.28. The summed E-state index contributed by atoms with van der Waals surface area (Å²) in [6.45, 7) is 8.27. The molecule has 3 heteroatoms. The van der Waals surface area contributed by atoms with Crippen molar-refractivity contribution in [2.24, 2.45) is 0 Å². The van der Waals surface area contributed by atoms with Gasteiger partial charge in [-0.05, 0) is 13.3 Å². The summed E-state index contributed by atoms with van der Waals surface area (Å²) in [5, 5.41) is 17.8. The minimum Gasteiger partial charge on any atom is -0.391 e. The summed E-state index contributed by atoms with van der Waals surface area (Å²) in [4.78, 5) is 0. The van der Waals surface area contributed by atoms with E-state index in [0.29, 0.717) is 0 Å². The number of likely N-dealkylation sites (N-methyl/N-ethyl adjacent to an activating group) is 1. The number of quaternary nitrogens is 1. The zero-order valence-electron chi connectivity index (χ0n) is 8.29. The maximum Gasteiger partial charge on any atom is 0.102 e. The predicted octanol–water partition coefficient (Wildman–Crippen LogP) is 0.218. The fourth-order valence-corrected chi connectivity index (χ4v) is 1.71. The van der Waals surface area contributed by atoms with Crippen LogP contribution in [0.3, 0.4) is 0 Å². The molecule has 0 aromatic carbocycles. The molecule has 0 fully saturated rings. The lowest BCUT2D eigenvalue weighted by Crippen LogP contribution is -2.51. The molecular formula is C9H22NO2+. The third-order valence-electron chi connectivity index (χ3n) is 2.52. The minimum atomic E-state index is 0.216. The molecule has 2 N–H and O–H groups in total. The molecular weight excluding hydrogens is 154 g/mol. The van der Waals surface area contributed by atoms with E-state index in [9.17, 15) is 0 Å². The standard InChI is InChI=1S/C9H22NO2/c1-3-5-10(4-2,6-8-11)7-9-12/h11-12H,3-9H2,1-2H3/q+1. The van der Waals surface area contributed by atoms with E-state index in [1.54, 1.807) is 0 Å². The smallest absolute Gasteiger partial charge is 0.102 e. The molecule has 74 valence electrons. The number of hydrogen-bond donors (Lipinski definition) is 2. The van der Waals surface area contributed by atoms with Crippen molar-refractivity contribution in [3.8, 4) is 0 Å². The van der Waals surface area contributed by atoms with E-state index in [1.807, 2.05) is 0 Å². The summed E-state index contributed by atoms with van der Waals surface area (Å²) >= 11 is 0. The number of rotatable bonds is 7. The van der Waals surface area contributed by atoms with Gasteiger partial charge in [0, 0.05) is 0 Å². The van der Waals surface area contributed by atoms with Crippen molar-refractivity contribution in [2.45, 2.75) is 20.3 Å². The van der Waals surface area contributed by atoms with Crippen molar-refractivity contribution in [1.29, 1.82) is 0 Å². The van der Waals surface area contributed by atoms with Gasteiger partial charge >= 0.3 is 0 Å². The largest absolute Gasteiger partial charge is 0.391 e. The summed E-state index contributed by atoms with van der Waals surface area (Å²) in [7, 11) is 0. The molecule has 0 spiro atoms. The Kier molecular flexibility index (Phi) is 6.34. The fourth-order valence-electron chi connectivity index (χ4n) is 1.71. The van der Waals surface area contributed by atoms with E-state index in [4.69, 9.17) is 10.2 Å². The van der Waals surface area contributed by atoms with Crippen LogP contribution >= 0.6 is 0 Å². The zero-order chi connectivity index (χ0) is 9.45. The monoisotopic (exact) mass is 176 g/mol. The molecule has 0 aliphatic rings. The van der Waals surface area contributed by atoms with Gasteiger partial charge < -0.3 is 14.7 Å². The lowest BCUT2D eigenvalue weighted by molar-refractivity contribution is -0.927. The first-order valence-corrected chi connectivity index (χ1v) is 4.81. The van der Waals surface area contributed by atoms with Gasteiger partial charge in [-0.2, -0.15) is 0 Å². The maximum atomic E-state index is 8.89. The summed E-state index contributed by atoms with van der Waals surface area (Å²) in [6.07, 6.45) is 1.10. The molecule has 0 heterocycles. The van der Waals surface area contributed by atoms with Crippen molar-refractivity contribution in [1.82, 2.24) is 0 Å². The van der Waals surface area contributed by atoms with Crippen molar-refractivity contribution in [2.75, 3.05) is 39.4 Å². The molecule has 0 unspecified atom stereocenters. The van der Waals surface area contributed by atoms with Gasteiger partial charge in [0.2, 0.25) is 0 Å². The van der Waals surface area contributed by atoms with Crippen molar-refractivity contribution >= 4 is 0 Å². The quantitative estimate of drug-likeness (QED) is 0.545. The van der Waals surface area contributed by atoms with E-state index in [1.165, 1.54) is 0 Å². The average Bonchev–Trinajstić information content (AvgIpc) is 2.06. The highest BCUT2D eigenvalue weighted by molar-refractivity contribution is 4.41. The lowest BCUT2D eigenvalue weighted by Gasteiger charge is -2.36. The van der Waals surface area contributed by atoms with E-state index in [0.717, 1.165) is 37.1 Å². The van der Waals surface area contributed by atoms with Crippen LogP contribution in [0, 0.1) is 0 Å². The van der Waals surface area contributed by atoms with Crippen molar-refractivity contribution in [3.63, 3.8) is 0 Å². The molecule has 3 nitrogen and oxygen atoms in total. The molecule has 0 bridgehead atoms. The second-order valence-corrected chi connectivity index (χ2v) is 3.28. The van der Waals surface area contributed by atoms with E-state index in [2.05, 4.69) is 13.8 Å². The van der Waals surface area contributed by atoms with E-state index >= 15 is 0 Å². The van der Waals surface area contributed by atoms with Crippen molar-refractivity contribution < 1.29 is 14.7 Å². The summed E-state index contributed by atoms with van der Waals surface area (Å²) in [6, 6.07) is 0. The van der Waals surface area contributed by atoms with Crippen LogP contribution in [0.15, 0.2) is 0 Å². The average molecular weight is 176 g/mol. The first kappa shape index (κ1) is 11.9. The van der Waals surface area contributed by atoms with Gasteiger partial charge in [0.25, 0.3) is 0 Å². The molecule has 0 aliphatic carbocycles. The van der Waals surface area contributed by atoms with Crippen LogP contribution in [0.5, 0.6) is 0 Å². The Hall–Kier alpha value is -0.120. The maximum absolute atomic E-state index is 8.89. The van der Waals surface area contributed by atoms with Gasteiger partial charge in [0.15, 0.2) is 0 Å². The number of hydrogen-bond acceptors (Lipinski definition) is 2. The van der Waals surface area contributed by atoms with Crippen LogP contribution < -0.4 is 0 Å². The SMILES string of the molecule is CCC[N+](CC)(CCO)CCO. The summed E-state index contributed by atoms with van der Waals surface area (Å²) < 4.78 is 0.851. The van der Waals surface area contributed by atoms with Gasteiger partial charge in [0.1, 0.15) is 13.1 Å². The van der Waals surface area contributed by atoms with Crippen LogP contribution in [0.4, 0.5) is 0 Å². The molecule has 12 heavy (non-hydrogen) atoms. The highest BCUT2D eigenvalue weighted by Crippen LogP contribution is 2.06. The molecule has 0 aromatic heterocycles. The van der Waals surface area contributed by atoms with Crippen LogP contribution in [-0.2, 0) is 0 Å². The molecule has 0 saturated carbocycles. The third-order valence-corrected chi connectivity index (χ3v) is 2.52. The zero-order valence-corrected chi connectivity index (χ0v) is 8.29. The molecule has 0 rings (SSSR count).